The maximum atomic E-state index is 6.42. The first-order chi connectivity index (χ1) is 13.0. The van der Waals surface area contributed by atoms with Crippen molar-refractivity contribution in [2.24, 2.45) is 5.10 Å². The van der Waals surface area contributed by atoms with Crippen LogP contribution in [0.5, 0.6) is 5.75 Å². The van der Waals surface area contributed by atoms with Crippen molar-refractivity contribution in [3.05, 3.63) is 51.5 Å². The molecule has 2 aromatic heterocycles. The minimum Gasteiger partial charge on any atom is -0.496 e. The molecule has 7 heteroatoms. The summed E-state index contributed by atoms with van der Waals surface area (Å²) in [5, 5.41) is 5.28. The van der Waals surface area contributed by atoms with Gasteiger partial charge in [0.15, 0.2) is 0 Å². The molecule has 2 heterocycles. The molecule has 1 aromatic carbocycles. The Morgan fingerprint density at radius 1 is 1.22 bits per heavy atom. The monoisotopic (exact) mass is 384 g/mol. The van der Waals surface area contributed by atoms with E-state index in [4.69, 9.17) is 15.2 Å². The van der Waals surface area contributed by atoms with Crippen LogP contribution in [0.25, 0.3) is 10.2 Å². The van der Waals surface area contributed by atoms with Crippen molar-refractivity contribution >= 4 is 33.1 Å². The SMILES string of the molecule is CN/N=C(\OCc1sc2nc(C)c(C)c(C)c2c1N)c1ccccc1OC. The summed E-state index contributed by atoms with van der Waals surface area (Å²) in [6.07, 6.45) is 0. The predicted molar refractivity (Wildman–Crippen MR) is 112 cm³/mol. The van der Waals surface area contributed by atoms with Crippen molar-refractivity contribution in [3.63, 3.8) is 0 Å². The van der Waals surface area contributed by atoms with Crippen molar-refractivity contribution in [2.45, 2.75) is 27.4 Å². The molecule has 0 spiro atoms. The lowest BCUT2D eigenvalue weighted by Crippen LogP contribution is -2.13. The number of anilines is 1. The van der Waals surface area contributed by atoms with Gasteiger partial charge < -0.3 is 20.6 Å². The topological polar surface area (TPSA) is 81.8 Å². The quantitative estimate of drug-likeness (QED) is 0.396. The molecule has 0 bridgehead atoms. The first kappa shape index (κ1) is 19.0. The van der Waals surface area contributed by atoms with Gasteiger partial charge in [-0.05, 0) is 44.0 Å². The van der Waals surface area contributed by atoms with Crippen LogP contribution in [0.1, 0.15) is 27.3 Å². The van der Waals surface area contributed by atoms with Gasteiger partial charge in [0.25, 0.3) is 0 Å². The average molecular weight is 385 g/mol. The highest BCUT2D eigenvalue weighted by atomic mass is 32.1. The first-order valence-electron chi connectivity index (χ1n) is 8.63. The highest BCUT2D eigenvalue weighted by molar-refractivity contribution is 7.19. The van der Waals surface area contributed by atoms with Crippen molar-refractivity contribution in [1.29, 1.82) is 0 Å². The maximum Gasteiger partial charge on any atom is 0.242 e. The van der Waals surface area contributed by atoms with Crippen molar-refractivity contribution in [3.8, 4) is 5.75 Å². The third kappa shape index (κ3) is 3.55. The molecule has 142 valence electrons. The normalized spacial score (nSPS) is 11.7. The molecule has 0 saturated heterocycles. The second-order valence-electron chi connectivity index (χ2n) is 6.20. The molecule has 0 aliphatic rings. The van der Waals surface area contributed by atoms with Gasteiger partial charge >= 0.3 is 0 Å². The Morgan fingerprint density at radius 3 is 2.67 bits per heavy atom. The number of aryl methyl sites for hydroxylation is 2. The molecule has 6 nitrogen and oxygen atoms in total. The number of ether oxygens (including phenoxy) is 2. The number of rotatable bonds is 5. The summed E-state index contributed by atoms with van der Waals surface area (Å²) >= 11 is 1.56. The number of thiophene rings is 1. The van der Waals surface area contributed by atoms with Crippen molar-refractivity contribution in [1.82, 2.24) is 10.4 Å². The smallest absolute Gasteiger partial charge is 0.242 e. The van der Waals surface area contributed by atoms with Gasteiger partial charge in [-0.1, -0.05) is 12.1 Å². The molecule has 3 rings (SSSR count). The number of hydrogen-bond acceptors (Lipinski definition) is 7. The Labute approximate surface area is 163 Å². The van der Waals surface area contributed by atoms with Crippen LogP contribution in [-0.4, -0.2) is 25.0 Å². The van der Waals surface area contributed by atoms with Crippen molar-refractivity contribution in [2.75, 3.05) is 19.9 Å². The molecule has 0 aliphatic carbocycles. The van der Waals surface area contributed by atoms with Crippen LogP contribution in [0, 0.1) is 20.8 Å². The van der Waals surface area contributed by atoms with E-state index in [0.29, 0.717) is 18.3 Å². The number of hydrogen-bond donors (Lipinski definition) is 2. The van der Waals surface area contributed by atoms with E-state index in [1.165, 1.54) is 11.1 Å². The molecule has 3 N–H and O–H groups in total. The number of nitrogens with two attached hydrogens (primary N) is 1. The minimum absolute atomic E-state index is 0.308. The zero-order chi connectivity index (χ0) is 19.6. The third-order valence-corrected chi connectivity index (χ3v) is 5.72. The van der Waals surface area contributed by atoms with Crippen LogP contribution >= 0.6 is 11.3 Å². The van der Waals surface area contributed by atoms with Crippen LogP contribution in [0.15, 0.2) is 29.4 Å². The van der Waals surface area contributed by atoms with Gasteiger partial charge in [0.1, 0.15) is 17.2 Å². The summed E-state index contributed by atoms with van der Waals surface area (Å²) in [6, 6.07) is 7.60. The van der Waals surface area contributed by atoms with E-state index < -0.39 is 0 Å². The van der Waals surface area contributed by atoms with Gasteiger partial charge in [0, 0.05) is 18.1 Å². The highest BCUT2D eigenvalue weighted by Gasteiger charge is 2.18. The molecule has 3 aromatic rings. The second kappa shape index (κ2) is 7.84. The van der Waals surface area contributed by atoms with E-state index in [-0.39, 0.29) is 0 Å². The predicted octanol–water partition coefficient (Wildman–Crippen LogP) is 3.91. The fourth-order valence-electron chi connectivity index (χ4n) is 2.95. The molecule has 0 saturated carbocycles. The Kier molecular flexibility index (Phi) is 5.51. The summed E-state index contributed by atoms with van der Waals surface area (Å²) < 4.78 is 11.4. The number of nitrogen functional groups attached to an aromatic ring is 1. The number of nitrogens with one attached hydrogen (secondary N) is 1. The zero-order valence-electron chi connectivity index (χ0n) is 16.2. The Morgan fingerprint density at radius 2 is 1.96 bits per heavy atom. The summed E-state index contributed by atoms with van der Waals surface area (Å²) in [5.41, 5.74) is 14.1. The van der Waals surface area contributed by atoms with E-state index in [0.717, 1.165) is 32.0 Å². The van der Waals surface area contributed by atoms with Gasteiger partial charge in [0.2, 0.25) is 5.90 Å². The molecular formula is C20H24N4O2S. The summed E-state index contributed by atoms with van der Waals surface area (Å²) in [7, 11) is 3.35. The van der Waals surface area contributed by atoms with E-state index >= 15 is 0 Å². The second-order valence-corrected chi connectivity index (χ2v) is 7.28. The molecular weight excluding hydrogens is 360 g/mol. The van der Waals surface area contributed by atoms with Crippen LogP contribution in [0.4, 0.5) is 5.69 Å². The summed E-state index contributed by atoms with van der Waals surface area (Å²) in [6.45, 7) is 6.49. The number of pyridine rings is 1. The molecule has 0 radical (unpaired) electrons. The van der Waals surface area contributed by atoms with Gasteiger partial charge in [-0.25, -0.2) is 4.98 Å². The van der Waals surface area contributed by atoms with Crippen molar-refractivity contribution < 1.29 is 9.47 Å². The molecule has 0 atom stereocenters. The van der Waals surface area contributed by atoms with Crippen LogP contribution in [0.2, 0.25) is 0 Å². The zero-order valence-corrected chi connectivity index (χ0v) is 17.0. The van der Waals surface area contributed by atoms with Gasteiger partial charge in [-0.3, -0.25) is 0 Å². The van der Waals surface area contributed by atoms with Crippen LogP contribution < -0.4 is 15.9 Å². The fraction of sp³-hybridized carbons (Fsp3) is 0.300. The average Bonchev–Trinajstić information content (AvgIpc) is 2.98. The molecule has 0 amide bonds. The van der Waals surface area contributed by atoms with Gasteiger partial charge in [-0.15, -0.1) is 16.4 Å². The molecule has 0 fully saturated rings. The lowest BCUT2D eigenvalue weighted by Gasteiger charge is -2.12. The Balaban J connectivity index is 1.94. The number of nitrogens with zero attached hydrogens (tertiary/aromatic N) is 2. The van der Waals surface area contributed by atoms with E-state index in [9.17, 15) is 0 Å². The standard InChI is InChI=1S/C20H24N4O2S/c1-11-12(2)17-18(21)16(27-20(17)23-13(11)3)10-26-19(24-22-4)14-8-6-7-9-15(14)25-5/h6-9,22H,10,21H2,1-5H3/b24-19-. The van der Waals surface area contributed by atoms with Crippen LogP contribution in [0.3, 0.4) is 0 Å². The van der Waals surface area contributed by atoms with Gasteiger partial charge in [0.05, 0.1) is 23.2 Å². The van der Waals surface area contributed by atoms with Crippen LogP contribution in [-0.2, 0) is 11.3 Å². The first-order valence-corrected chi connectivity index (χ1v) is 9.44. The molecule has 0 unspecified atom stereocenters. The largest absolute Gasteiger partial charge is 0.496 e. The Bertz CT molecular complexity index is 1010. The number of aromatic nitrogens is 1. The number of benzene rings is 1. The lowest BCUT2D eigenvalue weighted by molar-refractivity contribution is 0.293. The number of para-hydroxylation sites is 1. The lowest BCUT2D eigenvalue weighted by atomic mass is 10.1. The van der Waals surface area contributed by atoms with E-state index in [1.807, 2.05) is 31.2 Å². The summed E-state index contributed by atoms with van der Waals surface area (Å²) in [5.74, 6) is 1.14. The Hall–Kier alpha value is -2.80. The van der Waals surface area contributed by atoms with E-state index in [2.05, 4.69) is 29.4 Å². The number of hydrazone groups is 1. The van der Waals surface area contributed by atoms with E-state index in [1.54, 1.807) is 25.5 Å². The fourth-order valence-corrected chi connectivity index (χ4v) is 4.06. The number of methoxy groups -OCH3 is 1. The summed E-state index contributed by atoms with van der Waals surface area (Å²) in [4.78, 5) is 6.56. The maximum absolute atomic E-state index is 6.42. The molecule has 0 aliphatic heterocycles. The molecule has 27 heavy (non-hydrogen) atoms. The third-order valence-electron chi connectivity index (χ3n) is 4.64. The highest BCUT2D eigenvalue weighted by Crippen LogP contribution is 2.37. The minimum atomic E-state index is 0.308. The van der Waals surface area contributed by atoms with Gasteiger partial charge in [-0.2, -0.15) is 0 Å². The number of fused-ring (bicyclic) bond motifs is 1.